The number of anilines is 2. The van der Waals surface area contributed by atoms with Crippen molar-refractivity contribution in [2.45, 2.75) is 78.0 Å². The highest BCUT2D eigenvalue weighted by atomic mass is 16.5. The van der Waals surface area contributed by atoms with Gasteiger partial charge < -0.3 is 28.7 Å². The third-order valence-electron chi connectivity index (χ3n) is 9.12. The summed E-state index contributed by atoms with van der Waals surface area (Å²) in [6, 6.07) is 32.2. The minimum absolute atomic E-state index is 0.134. The molecule has 0 saturated carbocycles. The standard InChI is InChI=1S/C40H52N2O4/c1-9-14-29(3)41(27-31-15-13-17-35(25-31)44-6)39-24-23-36(45-7)26-38(39)37(10-2)30(4)42(33-19-21-34(43-5)22-20-33)28-32-16-11-12-18-40(32)46-8/h11-13,15-26,29-30,37H,9-10,14,27-28H2,1-8H3. The van der Waals surface area contributed by atoms with Gasteiger partial charge in [0.1, 0.15) is 23.0 Å². The maximum absolute atomic E-state index is 5.84. The summed E-state index contributed by atoms with van der Waals surface area (Å²) in [5.41, 5.74) is 6.04. The maximum atomic E-state index is 5.84. The lowest BCUT2D eigenvalue weighted by molar-refractivity contribution is 0.406. The molecule has 6 heteroatoms. The van der Waals surface area contributed by atoms with Gasteiger partial charge in [0.2, 0.25) is 0 Å². The molecule has 3 unspecified atom stereocenters. The van der Waals surface area contributed by atoms with Crippen molar-refractivity contribution in [3.8, 4) is 23.0 Å². The number of benzene rings is 4. The molecule has 0 spiro atoms. The summed E-state index contributed by atoms with van der Waals surface area (Å²) in [6.45, 7) is 10.7. The molecule has 4 aromatic carbocycles. The molecule has 4 aromatic rings. The second-order valence-corrected chi connectivity index (χ2v) is 11.9. The first-order chi connectivity index (χ1) is 22.4. The van der Waals surface area contributed by atoms with Crippen molar-refractivity contribution >= 4 is 11.4 Å². The molecule has 6 nitrogen and oxygen atoms in total. The molecule has 0 heterocycles. The van der Waals surface area contributed by atoms with Gasteiger partial charge in [0.05, 0.1) is 28.4 Å². The summed E-state index contributed by atoms with van der Waals surface area (Å²) < 4.78 is 22.7. The number of hydrogen-bond acceptors (Lipinski definition) is 6. The highest BCUT2D eigenvalue weighted by molar-refractivity contribution is 5.61. The van der Waals surface area contributed by atoms with Gasteiger partial charge in [-0.1, -0.05) is 50.6 Å². The van der Waals surface area contributed by atoms with Crippen LogP contribution in [-0.2, 0) is 13.1 Å². The van der Waals surface area contributed by atoms with Crippen molar-refractivity contribution in [1.29, 1.82) is 0 Å². The van der Waals surface area contributed by atoms with Crippen LogP contribution in [0.4, 0.5) is 11.4 Å². The Morgan fingerprint density at radius 2 is 1.30 bits per heavy atom. The number of methoxy groups -OCH3 is 4. The minimum atomic E-state index is 0.134. The maximum Gasteiger partial charge on any atom is 0.123 e. The van der Waals surface area contributed by atoms with Crippen LogP contribution in [0.3, 0.4) is 0 Å². The van der Waals surface area contributed by atoms with Gasteiger partial charge in [-0.3, -0.25) is 0 Å². The Morgan fingerprint density at radius 1 is 0.630 bits per heavy atom. The normalized spacial score (nSPS) is 13.0. The van der Waals surface area contributed by atoms with E-state index in [4.69, 9.17) is 18.9 Å². The molecule has 0 radical (unpaired) electrons. The van der Waals surface area contributed by atoms with Crippen molar-refractivity contribution in [2.75, 3.05) is 38.2 Å². The first-order valence-corrected chi connectivity index (χ1v) is 16.5. The fourth-order valence-electron chi connectivity index (χ4n) is 6.54. The molecule has 0 amide bonds. The summed E-state index contributed by atoms with van der Waals surface area (Å²) in [5.74, 6) is 3.68. The summed E-state index contributed by atoms with van der Waals surface area (Å²) in [4.78, 5) is 5.07. The van der Waals surface area contributed by atoms with Crippen molar-refractivity contribution in [3.63, 3.8) is 0 Å². The zero-order chi connectivity index (χ0) is 33.1. The minimum Gasteiger partial charge on any atom is -0.497 e. The second kappa shape index (κ2) is 16.8. The Bertz CT molecular complexity index is 1510. The molecule has 4 rings (SSSR count). The van der Waals surface area contributed by atoms with Crippen LogP contribution in [0.15, 0.2) is 91.0 Å². The molecule has 0 aliphatic carbocycles. The number of para-hydroxylation sites is 1. The zero-order valence-corrected chi connectivity index (χ0v) is 29.0. The van der Waals surface area contributed by atoms with E-state index >= 15 is 0 Å². The molecular formula is C40H52N2O4. The van der Waals surface area contributed by atoms with Gasteiger partial charge >= 0.3 is 0 Å². The lowest BCUT2D eigenvalue weighted by Gasteiger charge is -2.40. The summed E-state index contributed by atoms with van der Waals surface area (Å²) >= 11 is 0. The molecule has 0 aromatic heterocycles. The molecule has 0 aliphatic rings. The average Bonchev–Trinajstić information content (AvgIpc) is 3.10. The van der Waals surface area contributed by atoms with Crippen LogP contribution in [-0.4, -0.2) is 40.5 Å². The van der Waals surface area contributed by atoms with Gasteiger partial charge in [0.15, 0.2) is 0 Å². The van der Waals surface area contributed by atoms with Crippen LogP contribution in [0.2, 0.25) is 0 Å². The lowest BCUT2D eigenvalue weighted by atomic mass is 9.86. The molecule has 0 N–H and O–H groups in total. The van der Waals surface area contributed by atoms with E-state index in [1.807, 2.05) is 30.3 Å². The van der Waals surface area contributed by atoms with Crippen LogP contribution in [0.1, 0.15) is 69.6 Å². The largest absolute Gasteiger partial charge is 0.497 e. The molecule has 0 saturated heterocycles. The molecule has 0 aliphatic heterocycles. The van der Waals surface area contributed by atoms with Gasteiger partial charge in [0, 0.05) is 48.0 Å². The Balaban J connectivity index is 1.83. The van der Waals surface area contributed by atoms with Crippen LogP contribution in [0.5, 0.6) is 23.0 Å². The smallest absolute Gasteiger partial charge is 0.123 e. The lowest BCUT2D eigenvalue weighted by Crippen LogP contribution is -2.39. The van der Waals surface area contributed by atoms with Crippen molar-refractivity contribution in [1.82, 2.24) is 0 Å². The Morgan fingerprint density at radius 3 is 1.96 bits per heavy atom. The van der Waals surface area contributed by atoms with E-state index in [0.717, 1.165) is 60.1 Å². The van der Waals surface area contributed by atoms with Crippen molar-refractivity contribution in [3.05, 3.63) is 108 Å². The van der Waals surface area contributed by atoms with E-state index in [1.165, 1.54) is 16.8 Å². The zero-order valence-electron chi connectivity index (χ0n) is 29.0. The van der Waals surface area contributed by atoms with Crippen molar-refractivity contribution < 1.29 is 18.9 Å². The number of ether oxygens (including phenoxy) is 4. The predicted molar refractivity (Wildman–Crippen MR) is 191 cm³/mol. The van der Waals surface area contributed by atoms with E-state index in [1.54, 1.807) is 28.4 Å². The van der Waals surface area contributed by atoms with Gasteiger partial charge in [-0.15, -0.1) is 0 Å². The first kappa shape index (κ1) is 34.6. The van der Waals surface area contributed by atoms with E-state index in [9.17, 15) is 0 Å². The number of hydrogen-bond donors (Lipinski definition) is 0. The Kier molecular flexibility index (Phi) is 12.6. The van der Waals surface area contributed by atoms with Gasteiger partial charge in [-0.25, -0.2) is 0 Å². The fourth-order valence-corrected chi connectivity index (χ4v) is 6.54. The van der Waals surface area contributed by atoms with Gasteiger partial charge in [-0.05, 0) is 98.5 Å². The molecular weight excluding hydrogens is 572 g/mol. The molecule has 3 atom stereocenters. The van der Waals surface area contributed by atoms with Crippen LogP contribution >= 0.6 is 0 Å². The monoisotopic (exact) mass is 624 g/mol. The predicted octanol–water partition coefficient (Wildman–Crippen LogP) is 9.51. The van der Waals surface area contributed by atoms with E-state index in [-0.39, 0.29) is 12.0 Å². The van der Waals surface area contributed by atoms with E-state index < -0.39 is 0 Å². The molecule has 0 fully saturated rings. The summed E-state index contributed by atoms with van der Waals surface area (Å²) in [7, 11) is 6.93. The second-order valence-electron chi connectivity index (χ2n) is 11.9. The third kappa shape index (κ3) is 8.28. The van der Waals surface area contributed by atoms with E-state index in [2.05, 4.69) is 98.2 Å². The highest BCUT2D eigenvalue weighted by Gasteiger charge is 2.30. The SMILES string of the molecule is CCCC(C)N(Cc1cccc(OC)c1)c1ccc(OC)cc1C(CC)C(C)N(Cc1ccccc1OC)c1ccc(OC)cc1. The van der Waals surface area contributed by atoms with Gasteiger partial charge in [-0.2, -0.15) is 0 Å². The van der Waals surface area contributed by atoms with Crippen LogP contribution in [0, 0.1) is 0 Å². The van der Waals surface area contributed by atoms with Crippen LogP contribution in [0.25, 0.3) is 0 Å². The summed E-state index contributed by atoms with van der Waals surface area (Å²) in [6.07, 6.45) is 3.15. The van der Waals surface area contributed by atoms with Crippen LogP contribution < -0.4 is 28.7 Å². The number of nitrogens with zero attached hydrogens (tertiary/aromatic N) is 2. The first-order valence-electron chi connectivity index (χ1n) is 16.5. The Labute approximate surface area is 276 Å². The number of rotatable bonds is 17. The van der Waals surface area contributed by atoms with Gasteiger partial charge in [0.25, 0.3) is 0 Å². The topological polar surface area (TPSA) is 43.4 Å². The quantitative estimate of drug-likeness (QED) is 0.117. The summed E-state index contributed by atoms with van der Waals surface area (Å²) in [5, 5.41) is 0. The molecule has 46 heavy (non-hydrogen) atoms. The fraction of sp³-hybridized carbons (Fsp3) is 0.400. The Hall–Kier alpha value is -4.32. The van der Waals surface area contributed by atoms with Crippen molar-refractivity contribution in [2.24, 2.45) is 0 Å². The van der Waals surface area contributed by atoms with E-state index in [0.29, 0.717) is 12.6 Å². The highest BCUT2D eigenvalue weighted by Crippen LogP contribution is 2.40. The molecule has 0 bridgehead atoms. The average molecular weight is 625 g/mol. The molecule has 246 valence electrons. The third-order valence-corrected chi connectivity index (χ3v) is 9.12.